The zero-order valence-electron chi connectivity index (χ0n) is 31.0. The second-order valence-electron chi connectivity index (χ2n) is 14.7. The summed E-state index contributed by atoms with van der Waals surface area (Å²) in [7, 11) is 0. The lowest BCUT2D eigenvalue weighted by Gasteiger charge is -2.26. The van der Waals surface area contributed by atoms with Gasteiger partial charge in [0.05, 0.1) is 11.4 Å². The average molecular weight is 711 g/mol. The molecule has 0 atom stereocenters. The van der Waals surface area contributed by atoms with Crippen LogP contribution in [0.25, 0.3) is 66.1 Å². The quantitative estimate of drug-likeness (QED) is 0.122. The van der Waals surface area contributed by atoms with Crippen molar-refractivity contribution in [1.29, 1.82) is 0 Å². The number of aliphatic imine (C=N–C) groups is 1. The van der Waals surface area contributed by atoms with Crippen molar-refractivity contribution in [2.75, 3.05) is 4.90 Å². The number of nitrogens with zero attached hydrogens (tertiary/aromatic N) is 2. The minimum atomic E-state index is -0.123. The van der Waals surface area contributed by atoms with Crippen LogP contribution in [0.2, 0.25) is 0 Å². The van der Waals surface area contributed by atoms with Crippen molar-refractivity contribution in [1.82, 2.24) is 0 Å². The summed E-state index contributed by atoms with van der Waals surface area (Å²) in [6, 6.07) is 53.1. The number of furan rings is 2. The van der Waals surface area contributed by atoms with Gasteiger partial charge in [0.2, 0.25) is 0 Å². The molecule has 1 aliphatic rings. The molecule has 0 saturated heterocycles. The van der Waals surface area contributed by atoms with E-state index in [-0.39, 0.29) is 5.41 Å². The third kappa shape index (κ3) is 5.25. The van der Waals surface area contributed by atoms with Crippen molar-refractivity contribution in [2.24, 2.45) is 4.99 Å². The van der Waals surface area contributed by atoms with Crippen molar-refractivity contribution in [2.45, 2.75) is 26.2 Å². The monoisotopic (exact) mass is 710 g/mol. The fourth-order valence-corrected chi connectivity index (χ4v) is 8.48. The summed E-state index contributed by atoms with van der Waals surface area (Å²) in [6.45, 7) is 6.66. The van der Waals surface area contributed by atoms with Crippen LogP contribution in [0.4, 0.5) is 17.1 Å². The lowest BCUT2D eigenvalue weighted by molar-refractivity contribution is 0.653. The highest BCUT2D eigenvalue weighted by Crippen LogP contribution is 2.53. The summed E-state index contributed by atoms with van der Waals surface area (Å²) < 4.78 is 13.5. The van der Waals surface area contributed by atoms with Crippen LogP contribution in [0.3, 0.4) is 0 Å². The Morgan fingerprint density at radius 2 is 1.27 bits per heavy atom. The van der Waals surface area contributed by atoms with E-state index in [1.165, 1.54) is 22.3 Å². The molecule has 1 aliphatic carbocycles. The molecule has 0 spiro atoms. The predicted octanol–water partition coefficient (Wildman–Crippen LogP) is 14.5. The Balaban J connectivity index is 1.16. The van der Waals surface area contributed by atoms with Gasteiger partial charge in [0, 0.05) is 55.7 Å². The molecule has 2 aromatic heterocycles. The van der Waals surface area contributed by atoms with Gasteiger partial charge in [-0.05, 0) is 77.7 Å². The van der Waals surface area contributed by atoms with Gasteiger partial charge in [-0.1, -0.05) is 135 Å². The first-order chi connectivity index (χ1) is 27.0. The van der Waals surface area contributed by atoms with E-state index in [1.807, 2.05) is 55.6 Å². The van der Waals surface area contributed by atoms with Gasteiger partial charge < -0.3 is 13.7 Å². The number of rotatable bonds is 7. The molecular weight excluding hydrogens is 673 g/mol. The third-order valence-corrected chi connectivity index (χ3v) is 11.1. The normalized spacial score (nSPS) is 13.8. The molecule has 0 fully saturated rings. The molecule has 0 saturated carbocycles. The summed E-state index contributed by atoms with van der Waals surface area (Å²) in [6.07, 6.45) is 8.13. The molecule has 55 heavy (non-hydrogen) atoms. The van der Waals surface area contributed by atoms with E-state index in [9.17, 15) is 0 Å². The summed E-state index contributed by atoms with van der Waals surface area (Å²) in [5, 5.41) is 4.42. The second-order valence-corrected chi connectivity index (χ2v) is 14.7. The van der Waals surface area contributed by atoms with E-state index in [0.29, 0.717) is 0 Å². The molecule has 0 radical (unpaired) electrons. The maximum absolute atomic E-state index is 7.11. The van der Waals surface area contributed by atoms with Gasteiger partial charge in [-0.25, -0.2) is 0 Å². The Morgan fingerprint density at radius 3 is 2.11 bits per heavy atom. The van der Waals surface area contributed by atoms with E-state index in [2.05, 4.69) is 146 Å². The molecule has 0 N–H and O–H groups in total. The molecule has 4 nitrogen and oxygen atoms in total. The number of allylic oxidation sites excluding steroid dienone is 3. The first-order valence-electron chi connectivity index (χ1n) is 18.8. The molecule has 0 amide bonds. The summed E-state index contributed by atoms with van der Waals surface area (Å²) >= 11 is 0. The number of benzene rings is 7. The minimum Gasteiger partial charge on any atom is -0.455 e. The highest BCUT2D eigenvalue weighted by Gasteiger charge is 2.37. The maximum Gasteiger partial charge on any atom is 0.159 e. The molecule has 7 aromatic carbocycles. The van der Waals surface area contributed by atoms with Gasteiger partial charge in [-0.2, -0.15) is 0 Å². The zero-order chi connectivity index (χ0) is 37.1. The number of hydrogen-bond acceptors (Lipinski definition) is 4. The summed E-state index contributed by atoms with van der Waals surface area (Å²) in [4.78, 5) is 7.04. The number of fused-ring (bicyclic) bond motifs is 10. The maximum atomic E-state index is 7.11. The zero-order valence-corrected chi connectivity index (χ0v) is 31.0. The van der Waals surface area contributed by atoms with Crippen LogP contribution in [0.5, 0.6) is 0 Å². The molecule has 0 unspecified atom stereocenters. The van der Waals surface area contributed by atoms with Crippen LogP contribution in [-0.4, -0.2) is 6.21 Å². The van der Waals surface area contributed by atoms with Gasteiger partial charge in [-0.3, -0.25) is 4.99 Å². The first-order valence-corrected chi connectivity index (χ1v) is 18.8. The molecule has 2 heterocycles. The van der Waals surface area contributed by atoms with E-state index < -0.39 is 0 Å². The summed E-state index contributed by atoms with van der Waals surface area (Å²) in [5.74, 6) is 0. The van der Waals surface area contributed by atoms with Crippen LogP contribution < -0.4 is 4.90 Å². The van der Waals surface area contributed by atoms with Crippen molar-refractivity contribution >= 4 is 67.2 Å². The van der Waals surface area contributed by atoms with E-state index in [4.69, 9.17) is 13.8 Å². The Morgan fingerprint density at radius 1 is 0.582 bits per heavy atom. The number of para-hydroxylation sites is 4. The molecule has 0 aliphatic heterocycles. The molecular formula is C51H38N2O2. The van der Waals surface area contributed by atoms with Crippen LogP contribution in [0, 0.1) is 0 Å². The highest BCUT2D eigenvalue weighted by atomic mass is 16.3. The molecule has 10 rings (SSSR count). The van der Waals surface area contributed by atoms with Gasteiger partial charge in [0.25, 0.3) is 0 Å². The van der Waals surface area contributed by atoms with Crippen LogP contribution >= 0.6 is 0 Å². The van der Waals surface area contributed by atoms with Crippen LogP contribution in [0.15, 0.2) is 189 Å². The summed E-state index contributed by atoms with van der Waals surface area (Å²) in [5.41, 5.74) is 14.4. The molecule has 264 valence electrons. The Kier molecular flexibility index (Phi) is 7.67. The molecule has 4 heteroatoms. The van der Waals surface area contributed by atoms with Crippen LogP contribution in [0.1, 0.15) is 31.9 Å². The molecule has 0 bridgehead atoms. The highest BCUT2D eigenvalue weighted by molar-refractivity contribution is 6.15. The smallest absolute Gasteiger partial charge is 0.159 e. The van der Waals surface area contributed by atoms with Gasteiger partial charge >= 0.3 is 0 Å². The van der Waals surface area contributed by atoms with E-state index in [0.717, 1.165) is 77.8 Å². The Bertz CT molecular complexity index is 3010. The predicted molar refractivity (Wildman–Crippen MR) is 230 cm³/mol. The fourth-order valence-electron chi connectivity index (χ4n) is 8.48. The van der Waals surface area contributed by atoms with Gasteiger partial charge in [0.15, 0.2) is 5.58 Å². The second kappa shape index (κ2) is 12.9. The number of hydrogen-bond donors (Lipinski definition) is 0. The lowest BCUT2D eigenvalue weighted by atomic mass is 9.82. The SMILES string of the molecule is C\C=C/C(=C\C=N\c1ccccc1)N(c1ccc(-c2cccc3c2oc2ccccc23)cc1)c1cccc2c1oc1c3c(ccc12)C(C)(C)c1ccccc1-3. The van der Waals surface area contributed by atoms with E-state index >= 15 is 0 Å². The van der Waals surface area contributed by atoms with E-state index in [1.54, 1.807) is 0 Å². The van der Waals surface area contributed by atoms with Crippen molar-refractivity contribution in [3.8, 4) is 22.3 Å². The lowest BCUT2D eigenvalue weighted by Crippen LogP contribution is -2.15. The topological polar surface area (TPSA) is 41.9 Å². The molecule has 9 aromatic rings. The van der Waals surface area contributed by atoms with Crippen LogP contribution in [-0.2, 0) is 5.41 Å². The first kappa shape index (κ1) is 32.7. The Hall–Kier alpha value is -6.91. The van der Waals surface area contributed by atoms with Crippen molar-refractivity contribution < 1.29 is 8.83 Å². The van der Waals surface area contributed by atoms with Gasteiger partial charge in [-0.15, -0.1) is 0 Å². The number of anilines is 2. The standard InChI is InChI=1S/C51H38N2O2/c1-4-14-35(31-32-52-34-15-6-5-7-16-34)53(36-27-25-33(26-28-36)37-19-12-20-39-38-17-9-11-24-46(38)54-48(37)39)45-23-13-21-40-41-29-30-44-47(50(41)55-49(40)45)42-18-8-10-22-43(42)51(44,2)3/h4-32H,1-3H3/b14-4-,35-31+,52-32+. The average Bonchev–Trinajstić information content (AvgIpc) is 3.87. The fraction of sp³-hybridized carbons (Fsp3) is 0.0784. The van der Waals surface area contributed by atoms with Crippen molar-refractivity contribution in [3.05, 3.63) is 187 Å². The third-order valence-electron chi connectivity index (χ3n) is 11.1. The van der Waals surface area contributed by atoms with Crippen molar-refractivity contribution in [3.63, 3.8) is 0 Å². The minimum absolute atomic E-state index is 0.123. The Labute approximate surface area is 320 Å². The van der Waals surface area contributed by atoms with Gasteiger partial charge in [0.1, 0.15) is 16.7 Å². The largest absolute Gasteiger partial charge is 0.455 e.